The first kappa shape index (κ1) is 13.9. The molecule has 0 aromatic carbocycles. The molecule has 2 heterocycles. The maximum atomic E-state index is 13.2. The molecule has 0 amide bonds. The van der Waals surface area contributed by atoms with Gasteiger partial charge in [0.1, 0.15) is 6.23 Å². The maximum absolute atomic E-state index is 13.2. The van der Waals surface area contributed by atoms with Gasteiger partial charge in [-0.3, -0.25) is 0 Å². The molecule has 0 radical (unpaired) electrons. The lowest BCUT2D eigenvalue weighted by atomic mass is 9.81. The smallest absolute Gasteiger partial charge is 0.250 e. The van der Waals surface area contributed by atoms with Crippen LogP contribution in [0.1, 0.15) is 56.2 Å². The fraction of sp³-hybridized carbons (Fsp3) is 0.786. The zero-order valence-corrected chi connectivity index (χ0v) is 11.3. The van der Waals surface area contributed by atoms with E-state index in [4.69, 9.17) is 4.74 Å². The highest BCUT2D eigenvalue weighted by Crippen LogP contribution is 2.41. The Morgan fingerprint density at radius 2 is 2.20 bits per heavy atom. The Morgan fingerprint density at radius 1 is 1.35 bits per heavy atom. The van der Waals surface area contributed by atoms with Crippen LogP contribution in [0.2, 0.25) is 0 Å². The average molecular weight is 286 g/mol. The molecule has 1 aromatic heterocycles. The molecule has 4 nitrogen and oxygen atoms in total. The number of hydrogen-bond donors (Lipinski definition) is 1. The van der Waals surface area contributed by atoms with Gasteiger partial charge in [-0.2, -0.15) is 5.10 Å². The van der Waals surface area contributed by atoms with Crippen molar-refractivity contribution in [1.29, 1.82) is 0 Å². The summed E-state index contributed by atoms with van der Waals surface area (Å²) in [6.07, 6.45) is 5.24. The number of nitrogens with zero attached hydrogens (tertiary/aromatic N) is 2. The van der Waals surface area contributed by atoms with Crippen LogP contribution in [-0.4, -0.2) is 33.5 Å². The molecule has 0 bridgehead atoms. The summed E-state index contributed by atoms with van der Waals surface area (Å²) in [4.78, 5) is 0. The zero-order valence-electron chi connectivity index (χ0n) is 11.3. The van der Waals surface area contributed by atoms with Crippen LogP contribution >= 0.6 is 0 Å². The van der Waals surface area contributed by atoms with Crippen LogP contribution in [0.4, 0.5) is 8.78 Å². The number of aliphatic hydroxyl groups is 1. The Labute approximate surface area is 116 Å². The van der Waals surface area contributed by atoms with Gasteiger partial charge < -0.3 is 9.84 Å². The Bertz CT molecular complexity index is 458. The first-order chi connectivity index (χ1) is 9.55. The van der Waals surface area contributed by atoms with Crippen LogP contribution in [0.15, 0.2) is 12.4 Å². The van der Waals surface area contributed by atoms with E-state index < -0.39 is 18.4 Å². The molecule has 3 atom stereocenters. The highest BCUT2D eigenvalue weighted by molar-refractivity contribution is 5.15. The Balaban J connectivity index is 1.70. The molecule has 1 saturated carbocycles. The fourth-order valence-corrected chi connectivity index (χ4v) is 3.13. The molecule has 0 spiro atoms. The van der Waals surface area contributed by atoms with E-state index in [-0.39, 0.29) is 18.6 Å². The lowest BCUT2D eigenvalue weighted by Gasteiger charge is -2.32. The van der Waals surface area contributed by atoms with Crippen LogP contribution in [0.25, 0.3) is 0 Å². The summed E-state index contributed by atoms with van der Waals surface area (Å²) < 4.78 is 33.9. The predicted octanol–water partition coefficient (Wildman–Crippen LogP) is 2.85. The summed E-state index contributed by atoms with van der Waals surface area (Å²) in [7, 11) is 0. The molecule has 112 valence electrons. The van der Waals surface area contributed by atoms with E-state index in [1.807, 2.05) is 6.20 Å². The summed E-state index contributed by atoms with van der Waals surface area (Å²) in [6.45, 7) is 0.734. The predicted molar refractivity (Wildman–Crippen MR) is 68.6 cm³/mol. The van der Waals surface area contributed by atoms with E-state index >= 15 is 0 Å². The van der Waals surface area contributed by atoms with Crippen molar-refractivity contribution in [2.75, 3.05) is 6.61 Å². The minimum Gasteiger partial charge on any atom is -0.392 e. The lowest BCUT2D eigenvalue weighted by molar-refractivity contribution is -0.0840. The van der Waals surface area contributed by atoms with Gasteiger partial charge in [-0.15, -0.1) is 0 Å². The van der Waals surface area contributed by atoms with Crippen molar-refractivity contribution in [1.82, 2.24) is 9.78 Å². The summed E-state index contributed by atoms with van der Waals surface area (Å²) in [5.74, 6) is -2.98. The van der Waals surface area contributed by atoms with Gasteiger partial charge in [0.25, 0.3) is 5.92 Å². The molecular weight excluding hydrogens is 266 g/mol. The molecule has 2 fully saturated rings. The molecule has 1 aliphatic heterocycles. The van der Waals surface area contributed by atoms with E-state index in [1.165, 1.54) is 0 Å². The molecule has 20 heavy (non-hydrogen) atoms. The molecule has 1 saturated heterocycles. The number of alkyl halides is 2. The second-order valence-corrected chi connectivity index (χ2v) is 5.85. The largest absolute Gasteiger partial charge is 0.392 e. The number of aromatic nitrogens is 2. The van der Waals surface area contributed by atoms with Crippen molar-refractivity contribution in [3.8, 4) is 0 Å². The molecule has 1 N–H and O–H groups in total. The lowest BCUT2D eigenvalue weighted by Crippen LogP contribution is -2.34. The number of rotatable bonds is 2. The van der Waals surface area contributed by atoms with Crippen molar-refractivity contribution in [3.05, 3.63) is 18.0 Å². The van der Waals surface area contributed by atoms with Crippen molar-refractivity contribution in [2.45, 2.75) is 62.7 Å². The highest BCUT2D eigenvalue weighted by atomic mass is 19.3. The second kappa shape index (κ2) is 5.41. The average Bonchev–Trinajstić information content (AvgIpc) is 2.88. The van der Waals surface area contributed by atoms with Crippen molar-refractivity contribution >= 4 is 0 Å². The Hall–Kier alpha value is -1.01. The van der Waals surface area contributed by atoms with Gasteiger partial charge in [0.15, 0.2) is 0 Å². The minimum atomic E-state index is -2.74. The Kier molecular flexibility index (Phi) is 3.77. The van der Waals surface area contributed by atoms with Gasteiger partial charge in [-0.05, 0) is 31.2 Å². The van der Waals surface area contributed by atoms with Gasteiger partial charge in [0.2, 0.25) is 0 Å². The van der Waals surface area contributed by atoms with Crippen LogP contribution in [0, 0.1) is 0 Å². The minimum absolute atomic E-state index is 0.0559. The normalized spacial score (nSPS) is 34.0. The van der Waals surface area contributed by atoms with E-state index in [0.717, 1.165) is 31.4 Å². The highest BCUT2D eigenvalue weighted by Gasteiger charge is 2.41. The second-order valence-electron chi connectivity index (χ2n) is 5.85. The fourth-order valence-electron chi connectivity index (χ4n) is 3.13. The summed E-state index contributed by atoms with van der Waals surface area (Å²) in [5, 5.41) is 14.2. The van der Waals surface area contributed by atoms with Crippen molar-refractivity contribution in [3.63, 3.8) is 0 Å². The first-order valence-corrected chi connectivity index (χ1v) is 7.27. The topological polar surface area (TPSA) is 47.3 Å². The third-order valence-electron chi connectivity index (χ3n) is 4.29. The summed E-state index contributed by atoms with van der Waals surface area (Å²) in [5.41, 5.74) is 0.835. The molecule has 6 heteroatoms. The van der Waals surface area contributed by atoms with Gasteiger partial charge >= 0.3 is 0 Å². The van der Waals surface area contributed by atoms with Crippen LogP contribution < -0.4 is 0 Å². The van der Waals surface area contributed by atoms with Gasteiger partial charge in [0.05, 0.1) is 12.3 Å². The quantitative estimate of drug-likeness (QED) is 0.909. The maximum Gasteiger partial charge on any atom is 0.250 e. The van der Waals surface area contributed by atoms with Crippen LogP contribution in [-0.2, 0) is 4.74 Å². The monoisotopic (exact) mass is 286 g/mol. The first-order valence-electron chi connectivity index (χ1n) is 7.27. The number of aliphatic hydroxyl groups excluding tert-OH is 1. The molecule has 1 aromatic rings. The zero-order chi connectivity index (χ0) is 14.2. The Morgan fingerprint density at radius 3 is 2.90 bits per heavy atom. The van der Waals surface area contributed by atoms with E-state index in [1.54, 1.807) is 10.9 Å². The number of halogens is 2. The molecule has 1 unspecified atom stereocenters. The van der Waals surface area contributed by atoms with E-state index in [0.29, 0.717) is 6.42 Å². The summed E-state index contributed by atoms with van der Waals surface area (Å²) >= 11 is 0. The van der Waals surface area contributed by atoms with Gasteiger partial charge in [0, 0.05) is 31.6 Å². The summed E-state index contributed by atoms with van der Waals surface area (Å²) in [6, 6.07) is 0. The molecule has 1 aliphatic carbocycles. The van der Waals surface area contributed by atoms with E-state index in [2.05, 4.69) is 5.10 Å². The third-order valence-corrected chi connectivity index (χ3v) is 4.29. The van der Waals surface area contributed by atoms with Crippen molar-refractivity contribution < 1.29 is 18.6 Å². The van der Waals surface area contributed by atoms with Crippen molar-refractivity contribution in [2.24, 2.45) is 0 Å². The SMILES string of the molecule is O[C@H]1CC(F)(F)CC[C@@H]1c1cnn(C2CCCCO2)c1. The van der Waals surface area contributed by atoms with Gasteiger partial charge in [-0.1, -0.05) is 0 Å². The van der Waals surface area contributed by atoms with Gasteiger partial charge in [-0.25, -0.2) is 13.5 Å². The van der Waals surface area contributed by atoms with E-state index in [9.17, 15) is 13.9 Å². The molecular formula is C14H20F2N2O2. The number of ether oxygens (including phenoxy) is 1. The van der Waals surface area contributed by atoms with Crippen LogP contribution in [0.3, 0.4) is 0 Å². The standard InChI is InChI=1S/C14H20F2N2O2/c15-14(16)5-4-11(12(19)7-14)10-8-17-18(9-10)13-3-1-2-6-20-13/h8-9,11-13,19H,1-7H2/t11-,12+,13?/m1/s1. The van der Waals surface area contributed by atoms with Crippen LogP contribution in [0.5, 0.6) is 0 Å². The molecule has 2 aliphatic rings. The number of hydrogen-bond acceptors (Lipinski definition) is 3. The molecule has 3 rings (SSSR count). The third kappa shape index (κ3) is 2.86.